The molecule has 0 bridgehead atoms. The molecule has 7 heteroatoms. The summed E-state index contributed by atoms with van der Waals surface area (Å²) in [5, 5.41) is 20.4. The molecule has 7 nitrogen and oxygen atoms in total. The van der Waals surface area contributed by atoms with E-state index in [1.807, 2.05) is 0 Å². The molecule has 0 aliphatic carbocycles. The Morgan fingerprint density at radius 3 is 2.62 bits per heavy atom. The predicted molar refractivity (Wildman–Crippen MR) is 78.1 cm³/mol. The molecule has 1 aromatic rings. The van der Waals surface area contributed by atoms with Crippen LogP contribution in [0.1, 0.15) is 19.4 Å². The molecule has 0 aromatic heterocycles. The molecular formula is C14H19N3O4. The van der Waals surface area contributed by atoms with Gasteiger partial charge in [0.05, 0.1) is 11.5 Å². The second-order valence-electron chi connectivity index (χ2n) is 5.68. The third-order valence-electron chi connectivity index (χ3n) is 3.91. The van der Waals surface area contributed by atoms with Crippen LogP contribution in [0.4, 0.5) is 11.4 Å². The van der Waals surface area contributed by atoms with E-state index in [1.54, 1.807) is 42.8 Å². The molecule has 0 saturated carbocycles. The van der Waals surface area contributed by atoms with Crippen molar-refractivity contribution in [2.24, 2.45) is 0 Å². The minimum atomic E-state index is -0.849. The fraction of sp³-hybridized carbons (Fsp3) is 0.500. The Bertz CT molecular complexity index is 586. The number of nitrogens with zero attached hydrogens (tertiary/aromatic N) is 3. The van der Waals surface area contributed by atoms with Crippen LogP contribution in [0.5, 0.6) is 0 Å². The molecule has 114 valence electrons. The molecule has 1 N–H and O–H groups in total. The number of benzene rings is 1. The van der Waals surface area contributed by atoms with Crippen LogP contribution in [-0.4, -0.2) is 46.5 Å². The summed E-state index contributed by atoms with van der Waals surface area (Å²) in [4.78, 5) is 26.5. The van der Waals surface area contributed by atoms with Crippen LogP contribution in [0.3, 0.4) is 0 Å². The number of anilines is 1. The molecule has 1 heterocycles. The van der Waals surface area contributed by atoms with Crippen LogP contribution in [0.15, 0.2) is 18.2 Å². The number of carbonyl (C=O) groups is 1. The van der Waals surface area contributed by atoms with Crippen molar-refractivity contribution in [3.63, 3.8) is 0 Å². The first-order chi connectivity index (χ1) is 9.78. The SMILES string of the molecule is CN1CCN(c2ccc(CO)cc2[N+](=O)[O-])C(C)(C)C1=O. The molecule has 1 fully saturated rings. The number of aliphatic hydroxyl groups is 1. The maximum absolute atomic E-state index is 12.3. The van der Waals surface area contributed by atoms with E-state index >= 15 is 0 Å². The van der Waals surface area contributed by atoms with Crippen molar-refractivity contribution in [2.75, 3.05) is 25.0 Å². The maximum atomic E-state index is 12.3. The Labute approximate surface area is 122 Å². The second kappa shape index (κ2) is 5.33. The van der Waals surface area contributed by atoms with Gasteiger partial charge in [0.15, 0.2) is 0 Å². The average Bonchev–Trinajstić information content (AvgIpc) is 2.44. The summed E-state index contributed by atoms with van der Waals surface area (Å²) in [5.41, 5.74) is -0.0577. The quantitative estimate of drug-likeness (QED) is 0.667. The number of nitro groups is 1. The molecule has 0 unspecified atom stereocenters. The zero-order valence-electron chi connectivity index (χ0n) is 12.4. The van der Waals surface area contributed by atoms with E-state index in [9.17, 15) is 14.9 Å². The smallest absolute Gasteiger partial charge is 0.292 e. The monoisotopic (exact) mass is 293 g/mol. The number of hydrogen-bond acceptors (Lipinski definition) is 5. The van der Waals surface area contributed by atoms with E-state index in [-0.39, 0.29) is 18.2 Å². The van der Waals surface area contributed by atoms with Crippen molar-refractivity contribution in [1.29, 1.82) is 0 Å². The first-order valence-electron chi connectivity index (χ1n) is 6.70. The number of hydrogen-bond donors (Lipinski definition) is 1. The normalized spacial score (nSPS) is 18.0. The lowest BCUT2D eigenvalue weighted by Crippen LogP contribution is -2.62. The number of likely N-dealkylation sites (N-methyl/N-ethyl adjacent to an activating group) is 1. The fourth-order valence-electron chi connectivity index (χ4n) is 2.68. The van der Waals surface area contributed by atoms with Crippen LogP contribution >= 0.6 is 0 Å². The molecule has 21 heavy (non-hydrogen) atoms. The van der Waals surface area contributed by atoms with Crippen molar-refractivity contribution < 1.29 is 14.8 Å². The van der Waals surface area contributed by atoms with E-state index in [0.717, 1.165) is 0 Å². The van der Waals surface area contributed by atoms with Crippen molar-refractivity contribution in [2.45, 2.75) is 26.0 Å². The average molecular weight is 293 g/mol. The molecule has 0 spiro atoms. The summed E-state index contributed by atoms with van der Waals surface area (Å²) in [6.07, 6.45) is 0. The van der Waals surface area contributed by atoms with Crippen LogP contribution in [0.25, 0.3) is 0 Å². The lowest BCUT2D eigenvalue weighted by atomic mass is 9.96. The highest BCUT2D eigenvalue weighted by molar-refractivity contribution is 5.91. The van der Waals surface area contributed by atoms with Gasteiger partial charge in [0, 0.05) is 26.2 Å². The molecule has 1 aliphatic rings. The molecule has 0 radical (unpaired) electrons. The van der Waals surface area contributed by atoms with E-state index < -0.39 is 10.5 Å². The fourth-order valence-corrected chi connectivity index (χ4v) is 2.68. The van der Waals surface area contributed by atoms with Crippen molar-refractivity contribution in [3.05, 3.63) is 33.9 Å². The number of amides is 1. The zero-order valence-corrected chi connectivity index (χ0v) is 12.4. The van der Waals surface area contributed by atoms with Gasteiger partial charge in [-0.05, 0) is 25.5 Å². The Kier molecular flexibility index (Phi) is 3.87. The Balaban J connectivity index is 2.50. The molecule has 1 aliphatic heterocycles. The number of aliphatic hydroxyl groups excluding tert-OH is 1. The number of piperazine rings is 1. The third-order valence-corrected chi connectivity index (χ3v) is 3.91. The van der Waals surface area contributed by atoms with E-state index in [2.05, 4.69) is 0 Å². The van der Waals surface area contributed by atoms with Gasteiger partial charge in [0.2, 0.25) is 5.91 Å². The second-order valence-corrected chi connectivity index (χ2v) is 5.68. The summed E-state index contributed by atoms with van der Waals surface area (Å²) < 4.78 is 0. The number of rotatable bonds is 3. The van der Waals surface area contributed by atoms with Crippen LogP contribution in [0, 0.1) is 10.1 Å². The molecule has 1 saturated heterocycles. The van der Waals surface area contributed by atoms with Crippen molar-refractivity contribution in [3.8, 4) is 0 Å². The maximum Gasteiger partial charge on any atom is 0.292 e. The highest BCUT2D eigenvalue weighted by Gasteiger charge is 2.42. The van der Waals surface area contributed by atoms with Gasteiger partial charge in [0.25, 0.3) is 5.69 Å². The van der Waals surface area contributed by atoms with Crippen molar-refractivity contribution >= 4 is 17.3 Å². The van der Waals surface area contributed by atoms with Gasteiger partial charge in [-0.15, -0.1) is 0 Å². The standard InChI is InChI=1S/C14H19N3O4/c1-14(2)13(19)15(3)6-7-16(14)11-5-4-10(9-18)8-12(11)17(20)21/h4-5,8,18H,6-7,9H2,1-3H3. The number of carbonyl (C=O) groups excluding carboxylic acids is 1. The summed E-state index contributed by atoms with van der Waals surface area (Å²) in [6.45, 7) is 4.30. The van der Waals surface area contributed by atoms with Gasteiger partial charge in [-0.2, -0.15) is 0 Å². The van der Waals surface area contributed by atoms with E-state index in [1.165, 1.54) is 6.07 Å². The molecular weight excluding hydrogens is 274 g/mol. The minimum absolute atomic E-state index is 0.0747. The van der Waals surface area contributed by atoms with Gasteiger partial charge in [0.1, 0.15) is 11.2 Å². The Morgan fingerprint density at radius 2 is 2.05 bits per heavy atom. The predicted octanol–water partition coefficient (Wildman–Crippen LogP) is 1.14. The van der Waals surface area contributed by atoms with Crippen LogP contribution in [0.2, 0.25) is 0 Å². The van der Waals surface area contributed by atoms with Gasteiger partial charge < -0.3 is 14.9 Å². The number of nitro benzene ring substituents is 1. The van der Waals surface area contributed by atoms with Gasteiger partial charge in [-0.25, -0.2) is 0 Å². The van der Waals surface area contributed by atoms with Crippen molar-refractivity contribution in [1.82, 2.24) is 4.90 Å². The summed E-state index contributed by atoms with van der Waals surface area (Å²) >= 11 is 0. The van der Waals surface area contributed by atoms with Gasteiger partial charge in [-0.3, -0.25) is 14.9 Å². The summed E-state index contributed by atoms with van der Waals surface area (Å²) in [5.74, 6) is -0.0747. The lowest BCUT2D eigenvalue weighted by Gasteiger charge is -2.45. The van der Waals surface area contributed by atoms with E-state index in [4.69, 9.17) is 5.11 Å². The highest BCUT2D eigenvalue weighted by Crippen LogP contribution is 2.35. The van der Waals surface area contributed by atoms with Crippen LogP contribution < -0.4 is 4.90 Å². The molecule has 1 aromatic carbocycles. The third kappa shape index (κ3) is 2.56. The first-order valence-corrected chi connectivity index (χ1v) is 6.70. The van der Waals surface area contributed by atoms with Gasteiger partial charge in [-0.1, -0.05) is 6.07 Å². The zero-order chi connectivity index (χ0) is 15.8. The summed E-state index contributed by atoms with van der Waals surface area (Å²) in [6, 6.07) is 4.60. The molecule has 2 rings (SSSR count). The topological polar surface area (TPSA) is 86.9 Å². The molecule has 0 atom stereocenters. The Morgan fingerprint density at radius 1 is 1.38 bits per heavy atom. The first kappa shape index (κ1) is 15.2. The Hall–Kier alpha value is -2.15. The summed E-state index contributed by atoms with van der Waals surface area (Å²) in [7, 11) is 1.73. The van der Waals surface area contributed by atoms with Crippen LogP contribution in [-0.2, 0) is 11.4 Å². The largest absolute Gasteiger partial charge is 0.392 e. The minimum Gasteiger partial charge on any atom is -0.392 e. The lowest BCUT2D eigenvalue weighted by molar-refractivity contribution is -0.384. The molecule has 1 amide bonds. The van der Waals surface area contributed by atoms with Gasteiger partial charge >= 0.3 is 0 Å². The highest BCUT2D eigenvalue weighted by atomic mass is 16.6. The van der Waals surface area contributed by atoms with E-state index in [0.29, 0.717) is 24.3 Å².